The number of carbonyl (C=O) groups excluding carboxylic acids is 1. The van der Waals surface area contributed by atoms with Crippen LogP contribution in [0.2, 0.25) is 0 Å². The van der Waals surface area contributed by atoms with Crippen LogP contribution in [0.4, 0.5) is 0 Å². The lowest BCUT2D eigenvalue weighted by Gasteiger charge is -2.00. The summed E-state index contributed by atoms with van der Waals surface area (Å²) in [5, 5.41) is 13.8. The molecule has 0 aliphatic carbocycles. The topological polar surface area (TPSA) is 98.6 Å². The fourth-order valence-corrected chi connectivity index (χ4v) is 3.58. The summed E-state index contributed by atoms with van der Waals surface area (Å²) < 4.78 is 6.92. The number of hydrogen-bond acceptors (Lipinski definition) is 7. The summed E-state index contributed by atoms with van der Waals surface area (Å²) >= 11 is 1.42. The number of ketones is 1. The summed E-state index contributed by atoms with van der Waals surface area (Å²) in [6, 6.07) is 5.64. The number of rotatable bonds is 8. The van der Waals surface area contributed by atoms with Crippen LogP contribution in [0.3, 0.4) is 0 Å². The van der Waals surface area contributed by atoms with Crippen LogP contribution in [0.1, 0.15) is 16.1 Å². The quantitative estimate of drug-likeness (QED) is 0.462. The lowest BCUT2D eigenvalue weighted by molar-refractivity contribution is 0.0989. The third-order valence-corrected chi connectivity index (χ3v) is 5.05. The molecule has 0 atom stereocenters. The molecule has 142 valence electrons. The number of pyridine rings is 1. The Balaban J connectivity index is 1.59. The molecular formula is C19H18N6O2S. The molecule has 0 saturated carbocycles. The van der Waals surface area contributed by atoms with Gasteiger partial charge in [-0.3, -0.25) is 19.6 Å². The van der Waals surface area contributed by atoms with Gasteiger partial charge in [-0.25, -0.2) is 4.98 Å². The molecular weight excluding hydrogens is 376 g/mol. The Kier molecular flexibility index (Phi) is 5.36. The van der Waals surface area contributed by atoms with Crippen molar-refractivity contribution in [3.8, 4) is 22.0 Å². The van der Waals surface area contributed by atoms with E-state index in [-0.39, 0.29) is 12.2 Å². The average molecular weight is 394 g/mol. The van der Waals surface area contributed by atoms with E-state index in [1.54, 1.807) is 35.8 Å². The normalized spacial score (nSPS) is 11.0. The molecule has 4 aromatic rings. The number of carbonyl (C=O) groups is 1. The lowest BCUT2D eigenvalue weighted by atomic mass is 10.1. The van der Waals surface area contributed by atoms with Crippen molar-refractivity contribution in [3.63, 3.8) is 0 Å². The van der Waals surface area contributed by atoms with E-state index in [0.717, 1.165) is 21.8 Å². The van der Waals surface area contributed by atoms with Gasteiger partial charge in [0.2, 0.25) is 0 Å². The Morgan fingerprint density at radius 1 is 1.36 bits per heavy atom. The molecule has 0 unspecified atom stereocenters. The molecule has 4 aromatic heterocycles. The van der Waals surface area contributed by atoms with E-state index in [2.05, 4.69) is 25.3 Å². The van der Waals surface area contributed by atoms with Crippen LogP contribution in [0.25, 0.3) is 22.0 Å². The fourth-order valence-electron chi connectivity index (χ4n) is 2.78. The number of hydrogen-bond donors (Lipinski definition) is 1. The maximum Gasteiger partial charge on any atom is 0.186 e. The Morgan fingerprint density at radius 3 is 3.04 bits per heavy atom. The van der Waals surface area contributed by atoms with Crippen molar-refractivity contribution < 1.29 is 9.53 Å². The highest BCUT2D eigenvalue weighted by atomic mass is 32.1. The van der Waals surface area contributed by atoms with Gasteiger partial charge in [0, 0.05) is 48.6 Å². The molecule has 0 saturated heterocycles. The van der Waals surface area contributed by atoms with Gasteiger partial charge in [-0.05, 0) is 12.1 Å². The maximum atomic E-state index is 12.8. The van der Waals surface area contributed by atoms with Gasteiger partial charge in [-0.1, -0.05) is 6.07 Å². The highest BCUT2D eigenvalue weighted by Gasteiger charge is 2.19. The van der Waals surface area contributed by atoms with E-state index in [1.165, 1.54) is 11.3 Å². The average Bonchev–Trinajstić information content (AvgIpc) is 3.46. The highest BCUT2D eigenvalue weighted by molar-refractivity contribution is 7.13. The zero-order chi connectivity index (χ0) is 19.3. The first kappa shape index (κ1) is 18.2. The number of H-pyrrole nitrogens is 1. The Hall–Kier alpha value is -3.17. The Bertz CT molecular complexity index is 1060. The largest absolute Gasteiger partial charge is 0.383 e. The number of thiazole rings is 1. The molecule has 0 bridgehead atoms. The summed E-state index contributed by atoms with van der Waals surface area (Å²) in [6.07, 6.45) is 7.24. The molecule has 0 spiro atoms. The number of aromatic nitrogens is 6. The Labute approximate surface area is 165 Å². The minimum absolute atomic E-state index is 0.0607. The number of Topliss-reactive ketones (excluding diaryl/α,β-unsaturated/α-hetero) is 1. The first-order valence-corrected chi connectivity index (χ1v) is 9.57. The van der Waals surface area contributed by atoms with Gasteiger partial charge in [-0.15, -0.1) is 11.3 Å². The molecule has 0 aliphatic rings. The SMILES string of the molecule is COCCn1cc(CC(=O)c2csc(-c3cn[nH]c3)n2)c(-c2ccccn2)n1. The van der Waals surface area contributed by atoms with Crippen LogP contribution >= 0.6 is 11.3 Å². The molecule has 0 aromatic carbocycles. The van der Waals surface area contributed by atoms with Crippen LogP contribution in [0, 0.1) is 0 Å². The molecule has 8 nitrogen and oxygen atoms in total. The van der Waals surface area contributed by atoms with E-state index < -0.39 is 0 Å². The van der Waals surface area contributed by atoms with Crippen molar-refractivity contribution in [2.24, 2.45) is 0 Å². The summed E-state index contributed by atoms with van der Waals surface area (Å²) in [4.78, 5) is 21.7. The molecule has 4 rings (SSSR count). The van der Waals surface area contributed by atoms with Gasteiger partial charge >= 0.3 is 0 Å². The van der Waals surface area contributed by atoms with Gasteiger partial charge in [0.1, 0.15) is 16.4 Å². The van der Waals surface area contributed by atoms with Crippen LogP contribution in [-0.4, -0.2) is 49.4 Å². The molecule has 0 radical (unpaired) electrons. The highest BCUT2D eigenvalue weighted by Crippen LogP contribution is 2.25. The van der Waals surface area contributed by atoms with E-state index in [4.69, 9.17) is 4.74 Å². The van der Waals surface area contributed by atoms with E-state index in [0.29, 0.717) is 24.5 Å². The van der Waals surface area contributed by atoms with Crippen molar-refractivity contribution in [1.82, 2.24) is 29.9 Å². The van der Waals surface area contributed by atoms with E-state index in [9.17, 15) is 4.79 Å². The number of methoxy groups -OCH3 is 1. The van der Waals surface area contributed by atoms with Crippen LogP contribution in [0.15, 0.2) is 48.4 Å². The third kappa shape index (κ3) is 3.90. The van der Waals surface area contributed by atoms with Crippen molar-refractivity contribution in [3.05, 3.63) is 59.6 Å². The second-order valence-corrected chi connectivity index (χ2v) is 6.96. The number of nitrogens with one attached hydrogen (secondary N) is 1. The first-order chi connectivity index (χ1) is 13.7. The van der Waals surface area contributed by atoms with Crippen LogP contribution < -0.4 is 0 Å². The lowest BCUT2D eigenvalue weighted by Crippen LogP contribution is -2.05. The molecule has 9 heteroatoms. The Morgan fingerprint density at radius 2 is 2.29 bits per heavy atom. The maximum absolute atomic E-state index is 12.8. The van der Waals surface area contributed by atoms with Gasteiger partial charge in [0.25, 0.3) is 0 Å². The zero-order valence-corrected chi connectivity index (χ0v) is 16.0. The smallest absolute Gasteiger partial charge is 0.186 e. The van der Waals surface area contributed by atoms with Crippen LogP contribution in [-0.2, 0) is 17.7 Å². The molecule has 0 fully saturated rings. The fraction of sp³-hybridized carbons (Fsp3) is 0.211. The monoisotopic (exact) mass is 394 g/mol. The minimum atomic E-state index is -0.0607. The van der Waals surface area contributed by atoms with Crippen molar-refractivity contribution in [2.45, 2.75) is 13.0 Å². The molecule has 0 amide bonds. The predicted octanol–water partition coefficient (Wildman–Crippen LogP) is 2.86. The van der Waals surface area contributed by atoms with Gasteiger partial charge in [-0.2, -0.15) is 10.2 Å². The second kappa shape index (κ2) is 8.24. The van der Waals surface area contributed by atoms with Gasteiger partial charge in [0.05, 0.1) is 25.0 Å². The van der Waals surface area contributed by atoms with Crippen molar-refractivity contribution >= 4 is 17.1 Å². The van der Waals surface area contributed by atoms with Crippen molar-refractivity contribution in [2.75, 3.05) is 13.7 Å². The molecule has 0 aliphatic heterocycles. The van der Waals surface area contributed by atoms with E-state index >= 15 is 0 Å². The van der Waals surface area contributed by atoms with Gasteiger partial charge < -0.3 is 4.74 Å². The van der Waals surface area contributed by atoms with Crippen LogP contribution in [0.5, 0.6) is 0 Å². The van der Waals surface area contributed by atoms with Crippen molar-refractivity contribution in [1.29, 1.82) is 0 Å². The number of nitrogens with zero attached hydrogens (tertiary/aromatic N) is 5. The minimum Gasteiger partial charge on any atom is -0.383 e. The summed E-state index contributed by atoms with van der Waals surface area (Å²) in [6.45, 7) is 1.14. The number of aromatic amines is 1. The molecule has 28 heavy (non-hydrogen) atoms. The van der Waals surface area contributed by atoms with Gasteiger partial charge in [0.15, 0.2) is 5.78 Å². The zero-order valence-electron chi connectivity index (χ0n) is 15.2. The second-order valence-electron chi connectivity index (χ2n) is 6.10. The summed E-state index contributed by atoms with van der Waals surface area (Å²) in [7, 11) is 1.65. The summed E-state index contributed by atoms with van der Waals surface area (Å²) in [5.41, 5.74) is 3.57. The number of ether oxygens (including phenoxy) is 1. The molecule has 1 N–H and O–H groups in total. The summed E-state index contributed by atoms with van der Waals surface area (Å²) in [5.74, 6) is -0.0607. The predicted molar refractivity (Wildman–Crippen MR) is 105 cm³/mol. The molecule has 4 heterocycles. The first-order valence-electron chi connectivity index (χ1n) is 8.69. The van der Waals surface area contributed by atoms with E-state index in [1.807, 2.05) is 24.4 Å². The standard InChI is InChI=1S/C19H18N6O2S/c1-27-7-6-25-11-13(18(24-25)15-4-2-3-5-20-15)8-17(26)16-12-28-19(23-16)14-9-21-22-10-14/h2-5,9-12H,6-8H2,1H3,(H,21,22). The third-order valence-electron chi connectivity index (χ3n) is 4.16.